The topological polar surface area (TPSA) is 104 Å². The zero-order chi connectivity index (χ0) is 27.2. The summed E-state index contributed by atoms with van der Waals surface area (Å²) in [6, 6.07) is 0. The van der Waals surface area contributed by atoms with Crippen molar-refractivity contribution in [2.45, 2.75) is 105 Å². The highest BCUT2D eigenvalue weighted by atomic mass is 16.5. The SMILES string of the molecule is COC(=O)[C@@]1(C)CC[C@]2(C(=O)O)CC[C@]3(C)C(=CC[C@@H]4[C@@]5(C)CC[C@H](O)[C@@](C)(CO)[C@H]5CC[C@]43C)[C@@H]2C1. The zero-order valence-electron chi connectivity index (χ0n) is 23.7. The molecule has 0 amide bonds. The van der Waals surface area contributed by atoms with E-state index in [-0.39, 0.29) is 40.7 Å². The molecule has 0 aromatic heterocycles. The van der Waals surface area contributed by atoms with Crippen LogP contribution in [-0.2, 0) is 14.3 Å². The number of ether oxygens (including phenoxy) is 1. The Morgan fingerprint density at radius 2 is 1.65 bits per heavy atom. The van der Waals surface area contributed by atoms with Crippen LogP contribution in [0.2, 0.25) is 0 Å². The van der Waals surface area contributed by atoms with Gasteiger partial charge in [-0.25, -0.2) is 0 Å². The number of aliphatic hydroxyl groups excluding tert-OH is 2. The van der Waals surface area contributed by atoms with E-state index in [4.69, 9.17) is 4.74 Å². The number of aliphatic carboxylic acids is 1. The minimum absolute atomic E-state index is 0.00315. The number of rotatable bonds is 3. The number of fused-ring (bicyclic) bond motifs is 7. The standard InChI is InChI=1S/C31H48O6/c1-26(25(36)37-6)13-15-31(24(34)35)16-14-29(4)19(20(31)17-26)7-8-22-27(2)11-10-23(33)28(3,18-32)21(27)9-12-30(22,29)5/h7,20-23,32-33H,8-18H2,1-6H3,(H,34,35)/t20-,21-,22+,23-,26-,27-,28-,29+,30+,31-/m0/s1. The molecule has 6 heteroatoms. The van der Waals surface area contributed by atoms with Gasteiger partial charge in [-0.05, 0) is 105 Å². The summed E-state index contributed by atoms with van der Waals surface area (Å²) in [5.41, 5.74) is -0.843. The first-order valence-electron chi connectivity index (χ1n) is 14.5. The summed E-state index contributed by atoms with van der Waals surface area (Å²) >= 11 is 0. The third kappa shape index (κ3) is 3.24. The number of carbonyl (C=O) groups is 2. The fraction of sp³-hybridized carbons (Fsp3) is 0.871. The lowest BCUT2D eigenvalue weighted by Crippen LogP contribution is -2.66. The van der Waals surface area contributed by atoms with Crippen LogP contribution in [0.15, 0.2) is 11.6 Å². The predicted octanol–water partition coefficient (Wildman–Crippen LogP) is 5.36. The lowest BCUT2D eigenvalue weighted by Gasteiger charge is -2.71. The maximum atomic E-state index is 12.9. The van der Waals surface area contributed by atoms with E-state index < -0.39 is 28.3 Å². The Morgan fingerprint density at radius 1 is 0.973 bits per heavy atom. The van der Waals surface area contributed by atoms with E-state index in [0.717, 1.165) is 32.1 Å². The Morgan fingerprint density at radius 3 is 2.27 bits per heavy atom. The molecule has 0 aromatic carbocycles. The molecule has 0 unspecified atom stereocenters. The van der Waals surface area contributed by atoms with E-state index in [2.05, 4.69) is 33.8 Å². The number of hydrogen-bond donors (Lipinski definition) is 3. The van der Waals surface area contributed by atoms with Crippen LogP contribution in [0.1, 0.15) is 98.8 Å². The highest BCUT2D eigenvalue weighted by Crippen LogP contribution is 2.75. The Kier molecular flexibility index (Phi) is 6.10. The fourth-order valence-corrected chi connectivity index (χ4v) is 10.9. The molecule has 3 N–H and O–H groups in total. The second-order valence-corrected chi connectivity index (χ2v) is 14.8. The van der Waals surface area contributed by atoms with Crippen molar-refractivity contribution in [3.05, 3.63) is 11.6 Å². The molecule has 4 fully saturated rings. The minimum atomic E-state index is -0.812. The molecule has 10 atom stereocenters. The number of allylic oxidation sites excluding steroid dienone is 2. The normalized spacial score (nSPS) is 53.0. The monoisotopic (exact) mass is 516 g/mol. The van der Waals surface area contributed by atoms with Crippen LogP contribution < -0.4 is 0 Å². The molecule has 6 nitrogen and oxygen atoms in total. The molecule has 0 spiro atoms. The van der Waals surface area contributed by atoms with Gasteiger partial charge in [0.15, 0.2) is 0 Å². The van der Waals surface area contributed by atoms with E-state index in [1.807, 2.05) is 6.92 Å². The van der Waals surface area contributed by atoms with Gasteiger partial charge in [-0.15, -0.1) is 0 Å². The Balaban J connectivity index is 1.59. The third-order valence-electron chi connectivity index (χ3n) is 13.6. The van der Waals surface area contributed by atoms with Crippen molar-refractivity contribution >= 4 is 11.9 Å². The highest BCUT2D eigenvalue weighted by Gasteiger charge is 2.70. The lowest BCUT2D eigenvalue weighted by molar-refractivity contribution is -0.217. The van der Waals surface area contributed by atoms with E-state index >= 15 is 0 Å². The number of carboxylic acid groups (broad SMARTS) is 1. The smallest absolute Gasteiger partial charge is 0.311 e. The molecular weight excluding hydrogens is 468 g/mol. The summed E-state index contributed by atoms with van der Waals surface area (Å²) in [5.74, 6) is -0.449. The molecule has 0 bridgehead atoms. The molecule has 208 valence electrons. The molecule has 0 radical (unpaired) electrons. The molecule has 4 saturated carbocycles. The average Bonchev–Trinajstić information content (AvgIpc) is 2.86. The van der Waals surface area contributed by atoms with Crippen molar-refractivity contribution in [1.82, 2.24) is 0 Å². The number of carboxylic acids is 1. The Bertz CT molecular complexity index is 1020. The molecule has 0 aromatic rings. The van der Waals surface area contributed by atoms with E-state index in [0.29, 0.717) is 38.0 Å². The van der Waals surface area contributed by atoms with Gasteiger partial charge in [0.2, 0.25) is 0 Å². The first-order chi connectivity index (χ1) is 17.2. The number of aliphatic hydroxyl groups is 2. The summed E-state index contributed by atoms with van der Waals surface area (Å²) in [6.07, 6.45) is 9.54. The van der Waals surface area contributed by atoms with Gasteiger partial charge in [0.05, 0.1) is 30.7 Å². The molecular formula is C31H48O6. The molecule has 0 heterocycles. The highest BCUT2D eigenvalue weighted by molar-refractivity contribution is 5.80. The summed E-state index contributed by atoms with van der Waals surface area (Å²) in [5, 5.41) is 31.9. The largest absolute Gasteiger partial charge is 0.481 e. The molecule has 5 aliphatic carbocycles. The van der Waals surface area contributed by atoms with E-state index in [1.165, 1.54) is 12.7 Å². The van der Waals surface area contributed by atoms with Gasteiger partial charge in [0.25, 0.3) is 0 Å². The maximum absolute atomic E-state index is 12.9. The zero-order valence-corrected chi connectivity index (χ0v) is 23.7. The van der Waals surface area contributed by atoms with Gasteiger partial charge in [0.1, 0.15) is 0 Å². The summed E-state index contributed by atoms with van der Waals surface area (Å²) < 4.78 is 5.20. The molecule has 0 saturated heterocycles. The molecule has 37 heavy (non-hydrogen) atoms. The number of carbonyl (C=O) groups excluding carboxylic acids is 1. The van der Waals surface area contributed by atoms with Crippen molar-refractivity contribution < 1.29 is 29.6 Å². The van der Waals surface area contributed by atoms with Crippen LogP contribution in [-0.4, -0.2) is 47.1 Å². The third-order valence-corrected chi connectivity index (χ3v) is 13.6. The van der Waals surface area contributed by atoms with Crippen molar-refractivity contribution in [2.75, 3.05) is 13.7 Å². The van der Waals surface area contributed by atoms with Crippen molar-refractivity contribution in [1.29, 1.82) is 0 Å². The first-order valence-corrected chi connectivity index (χ1v) is 14.5. The van der Waals surface area contributed by atoms with Crippen LogP contribution in [0.3, 0.4) is 0 Å². The van der Waals surface area contributed by atoms with E-state index in [9.17, 15) is 24.9 Å². The average molecular weight is 517 g/mol. The molecule has 5 aliphatic rings. The van der Waals surface area contributed by atoms with Gasteiger partial charge in [-0.1, -0.05) is 39.3 Å². The molecule has 5 rings (SSSR count). The Labute approximate surface area is 222 Å². The quantitative estimate of drug-likeness (QED) is 0.345. The van der Waals surface area contributed by atoms with Gasteiger partial charge in [-0.2, -0.15) is 0 Å². The number of methoxy groups -OCH3 is 1. The van der Waals surface area contributed by atoms with Gasteiger partial charge >= 0.3 is 11.9 Å². The second-order valence-electron chi connectivity index (χ2n) is 14.8. The van der Waals surface area contributed by atoms with Crippen LogP contribution in [0.5, 0.6) is 0 Å². The van der Waals surface area contributed by atoms with Crippen LogP contribution in [0, 0.1) is 50.2 Å². The lowest BCUT2D eigenvalue weighted by atomic mass is 9.33. The van der Waals surface area contributed by atoms with E-state index in [1.54, 1.807) is 0 Å². The number of hydrogen-bond acceptors (Lipinski definition) is 5. The van der Waals surface area contributed by atoms with Crippen LogP contribution in [0.25, 0.3) is 0 Å². The second kappa shape index (κ2) is 8.30. The molecule has 0 aliphatic heterocycles. The maximum Gasteiger partial charge on any atom is 0.311 e. The summed E-state index contributed by atoms with van der Waals surface area (Å²) in [4.78, 5) is 25.7. The fourth-order valence-electron chi connectivity index (χ4n) is 10.9. The summed E-state index contributed by atoms with van der Waals surface area (Å²) in [6.45, 7) is 11.3. The Hall–Kier alpha value is -1.40. The number of esters is 1. The predicted molar refractivity (Wildman–Crippen MR) is 140 cm³/mol. The first kappa shape index (κ1) is 27.2. The van der Waals surface area contributed by atoms with Crippen molar-refractivity contribution in [2.24, 2.45) is 50.2 Å². The minimum Gasteiger partial charge on any atom is -0.481 e. The van der Waals surface area contributed by atoms with Crippen LogP contribution >= 0.6 is 0 Å². The summed E-state index contributed by atoms with van der Waals surface area (Å²) in [7, 11) is 1.43. The van der Waals surface area contributed by atoms with Crippen molar-refractivity contribution in [3.63, 3.8) is 0 Å². The van der Waals surface area contributed by atoms with Gasteiger partial charge in [0, 0.05) is 5.41 Å². The van der Waals surface area contributed by atoms with Gasteiger partial charge < -0.3 is 20.1 Å². The van der Waals surface area contributed by atoms with Crippen LogP contribution in [0.4, 0.5) is 0 Å². The van der Waals surface area contributed by atoms with Gasteiger partial charge in [-0.3, -0.25) is 9.59 Å². The van der Waals surface area contributed by atoms with Crippen molar-refractivity contribution in [3.8, 4) is 0 Å².